The number of rotatable bonds is 2. The van der Waals surface area contributed by atoms with E-state index in [1.165, 1.54) is 6.33 Å². The minimum Gasteiger partial charge on any atom is -0.346 e. The van der Waals surface area contributed by atoms with E-state index in [0.717, 1.165) is 53.1 Å². The maximum Gasteiger partial charge on any atom is 0.263 e. The number of benzene rings is 1. The highest BCUT2D eigenvalue weighted by Crippen LogP contribution is 2.38. The van der Waals surface area contributed by atoms with Gasteiger partial charge in [0.05, 0.1) is 22.8 Å². The van der Waals surface area contributed by atoms with E-state index in [0.29, 0.717) is 10.7 Å². The molecule has 7 nitrogen and oxygen atoms in total. The van der Waals surface area contributed by atoms with E-state index in [2.05, 4.69) is 25.0 Å². The molecule has 1 saturated heterocycles. The molecule has 1 aromatic carbocycles. The third-order valence-corrected chi connectivity index (χ3v) is 4.96. The lowest BCUT2D eigenvalue weighted by atomic mass is 10.2. The quantitative estimate of drug-likeness (QED) is 0.589. The molecule has 1 fully saturated rings. The summed E-state index contributed by atoms with van der Waals surface area (Å²) in [5, 5.41) is 5.59. The minimum atomic E-state index is 0.124. The first-order valence-corrected chi connectivity index (χ1v) is 8.57. The van der Waals surface area contributed by atoms with Crippen LogP contribution in [0.5, 0.6) is 0 Å². The van der Waals surface area contributed by atoms with Crippen molar-refractivity contribution in [3.05, 3.63) is 41.1 Å². The van der Waals surface area contributed by atoms with Gasteiger partial charge in [-0.15, -0.1) is 0 Å². The number of nitrogens with one attached hydrogen (secondary N) is 1. The summed E-state index contributed by atoms with van der Waals surface area (Å²) in [6.07, 6.45) is 3.59. The van der Waals surface area contributed by atoms with E-state index in [9.17, 15) is 0 Å². The molecule has 1 aliphatic heterocycles. The summed E-state index contributed by atoms with van der Waals surface area (Å²) in [6.45, 7) is 2.81. The van der Waals surface area contributed by atoms with E-state index in [1.54, 1.807) is 0 Å². The van der Waals surface area contributed by atoms with Gasteiger partial charge in [-0.1, -0.05) is 16.8 Å². The van der Waals surface area contributed by atoms with Crippen LogP contribution in [0.1, 0.15) is 30.4 Å². The summed E-state index contributed by atoms with van der Waals surface area (Å²) in [7, 11) is 0. The average Bonchev–Trinajstić information content (AvgIpc) is 3.32. The molecule has 5 rings (SSSR count). The smallest absolute Gasteiger partial charge is 0.263 e. The van der Waals surface area contributed by atoms with Crippen LogP contribution in [0, 0.1) is 6.92 Å². The van der Waals surface area contributed by atoms with Crippen LogP contribution in [0.4, 0.5) is 5.82 Å². The summed E-state index contributed by atoms with van der Waals surface area (Å²) < 4.78 is 5.29. The van der Waals surface area contributed by atoms with Gasteiger partial charge in [-0.3, -0.25) is 0 Å². The second kappa shape index (κ2) is 5.42. The molecule has 0 spiro atoms. The lowest BCUT2D eigenvalue weighted by Crippen LogP contribution is -2.24. The maximum absolute atomic E-state index is 6.09. The largest absolute Gasteiger partial charge is 0.346 e. The van der Waals surface area contributed by atoms with Crippen molar-refractivity contribution in [2.75, 3.05) is 11.4 Å². The Hall–Kier alpha value is -2.67. The molecule has 0 bridgehead atoms. The van der Waals surface area contributed by atoms with Crippen molar-refractivity contribution in [3.8, 4) is 0 Å². The number of nitrogens with zero attached hydrogens (tertiary/aromatic N) is 5. The molecule has 25 heavy (non-hydrogen) atoms. The van der Waals surface area contributed by atoms with E-state index in [1.807, 2.05) is 25.1 Å². The second-order valence-corrected chi connectivity index (χ2v) is 6.72. The first-order chi connectivity index (χ1) is 12.2. The zero-order valence-electron chi connectivity index (χ0n) is 13.5. The number of halogens is 1. The molecule has 126 valence electrons. The third kappa shape index (κ3) is 2.26. The summed E-state index contributed by atoms with van der Waals surface area (Å²) in [6, 6.07) is 5.82. The maximum atomic E-state index is 6.09. The summed E-state index contributed by atoms with van der Waals surface area (Å²) in [4.78, 5) is 19.1. The molecule has 0 aliphatic carbocycles. The molecule has 4 aromatic rings. The van der Waals surface area contributed by atoms with Gasteiger partial charge >= 0.3 is 0 Å². The fraction of sp³-hybridized carbons (Fsp3) is 0.294. The van der Waals surface area contributed by atoms with Crippen LogP contribution in [0.2, 0.25) is 5.02 Å². The summed E-state index contributed by atoms with van der Waals surface area (Å²) >= 11 is 6.09. The van der Waals surface area contributed by atoms with Gasteiger partial charge in [0.2, 0.25) is 0 Å². The molecule has 0 radical (unpaired) electrons. The van der Waals surface area contributed by atoms with E-state index in [-0.39, 0.29) is 6.04 Å². The van der Waals surface area contributed by atoms with Crippen molar-refractivity contribution in [1.29, 1.82) is 0 Å². The number of anilines is 1. The predicted molar refractivity (Wildman–Crippen MR) is 94.8 cm³/mol. The van der Waals surface area contributed by atoms with Gasteiger partial charge in [0, 0.05) is 11.6 Å². The molecule has 0 amide bonds. The highest BCUT2D eigenvalue weighted by molar-refractivity contribution is 6.31. The summed E-state index contributed by atoms with van der Waals surface area (Å²) in [5.74, 6) is 1.78. The first-order valence-electron chi connectivity index (χ1n) is 8.19. The van der Waals surface area contributed by atoms with Gasteiger partial charge in [-0.25, -0.2) is 9.97 Å². The number of H-pyrrole nitrogens is 1. The molecule has 1 N–H and O–H groups in total. The van der Waals surface area contributed by atoms with Crippen molar-refractivity contribution >= 4 is 39.6 Å². The van der Waals surface area contributed by atoms with Crippen molar-refractivity contribution in [2.24, 2.45) is 0 Å². The minimum absolute atomic E-state index is 0.124. The molecular weight excluding hydrogens is 340 g/mol. The van der Waals surface area contributed by atoms with Crippen molar-refractivity contribution in [3.63, 3.8) is 0 Å². The number of aromatic nitrogens is 5. The van der Waals surface area contributed by atoms with Crippen LogP contribution >= 0.6 is 11.6 Å². The normalized spacial score (nSPS) is 17.8. The number of imidazole rings is 1. The Balaban J connectivity index is 1.62. The van der Waals surface area contributed by atoms with Crippen LogP contribution < -0.4 is 4.90 Å². The second-order valence-electron chi connectivity index (χ2n) is 6.28. The fourth-order valence-corrected chi connectivity index (χ4v) is 3.76. The Labute approximate surface area is 148 Å². The van der Waals surface area contributed by atoms with E-state index >= 15 is 0 Å². The molecule has 8 heteroatoms. The molecule has 1 atom stereocenters. The van der Waals surface area contributed by atoms with Crippen LogP contribution in [-0.4, -0.2) is 31.6 Å². The standard InChI is InChI=1S/C17H15ClN6O/c1-9-14-16(19-8-20-17(14)25-23-9)24-6-2-3-13(24)15-21-11-5-4-10(18)7-12(11)22-15/h4-5,7-8,13H,2-3,6H2,1H3,(H,21,22). The number of aryl methyl sites for hydroxylation is 1. The number of hydrogen-bond donors (Lipinski definition) is 1. The molecule has 1 aliphatic rings. The highest BCUT2D eigenvalue weighted by atomic mass is 35.5. The molecule has 3 aromatic heterocycles. The number of fused-ring (bicyclic) bond motifs is 2. The van der Waals surface area contributed by atoms with Crippen molar-refractivity contribution < 1.29 is 4.52 Å². The first kappa shape index (κ1) is 14.7. The van der Waals surface area contributed by atoms with Crippen LogP contribution in [0.15, 0.2) is 29.0 Å². The monoisotopic (exact) mass is 354 g/mol. The van der Waals surface area contributed by atoms with Gasteiger partial charge < -0.3 is 14.4 Å². The summed E-state index contributed by atoms with van der Waals surface area (Å²) in [5.41, 5.74) is 3.18. The van der Waals surface area contributed by atoms with Crippen LogP contribution in [-0.2, 0) is 0 Å². The Morgan fingerprint density at radius 2 is 2.24 bits per heavy atom. The number of hydrogen-bond acceptors (Lipinski definition) is 6. The molecular formula is C17H15ClN6O. The van der Waals surface area contributed by atoms with Gasteiger partial charge in [0.15, 0.2) is 0 Å². The Morgan fingerprint density at radius 1 is 1.32 bits per heavy atom. The molecule has 4 heterocycles. The van der Waals surface area contributed by atoms with E-state index in [4.69, 9.17) is 21.1 Å². The van der Waals surface area contributed by atoms with E-state index < -0.39 is 0 Å². The van der Waals surface area contributed by atoms with Gasteiger partial charge in [0.25, 0.3) is 5.71 Å². The van der Waals surface area contributed by atoms with Gasteiger partial charge in [-0.2, -0.15) is 4.98 Å². The van der Waals surface area contributed by atoms with Crippen LogP contribution in [0.25, 0.3) is 22.1 Å². The molecule has 1 unspecified atom stereocenters. The van der Waals surface area contributed by atoms with Crippen LogP contribution in [0.3, 0.4) is 0 Å². The number of aromatic amines is 1. The lowest BCUT2D eigenvalue weighted by molar-refractivity contribution is 0.442. The van der Waals surface area contributed by atoms with Crippen molar-refractivity contribution in [1.82, 2.24) is 25.1 Å². The Kier molecular flexibility index (Phi) is 3.18. The van der Waals surface area contributed by atoms with Gasteiger partial charge in [-0.05, 0) is 38.0 Å². The fourth-order valence-electron chi connectivity index (χ4n) is 3.59. The average molecular weight is 355 g/mol. The third-order valence-electron chi connectivity index (χ3n) is 4.73. The topological polar surface area (TPSA) is 83.7 Å². The zero-order valence-corrected chi connectivity index (χ0v) is 14.3. The Bertz CT molecular complexity index is 1090. The van der Waals surface area contributed by atoms with Gasteiger partial charge in [0.1, 0.15) is 23.4 Å². The zero-order chi connectivity index (χ0) is 17.0. The molecule has 0 saturated carbocycles. The highest BCUT2D eigenvalue weighted by Gasteiger charge is 2.32. The predicted octanol–water partition coefficient (Wildman–Crippen LogP) is 3.80. The van der Waals surface area contributed by atoms with Crippen molar-refractivity contribution in [2.45, 2.75) is 25.8 Å². The Morgan fingerprint density at radius 3 is 3.16 bits per heavy atom. The lowest BCUT2D eigenvalue weighted by Gasteiger charge is -2.24. The SMILES string of the molecule is Cc1noc2ncnc(N3CCCC3c3nc4ccc(Cl)cc4[nH]3)c12.